The summed E-state index contributed by atoms with van der Waals surface area (Å²) in [6, 6.07) is 6.31. The Balaban J connectivity index is 2.09. The second-order valence-electron chi connectivity index (χ2n) is 4.85. The molecule has 6 heteroatoms. The molecular formula is C14H18N2O3S. The molecule has 5 nitrogen and oxygen atoms in total. The molecule has 0 saturated carbocycles. The Bertz CT molecular complexity index is 614. The molecular weight excluding hydrogens is 276 g/mol. The third-order valence-corrected chi connectivity index (χ3v) is 4.73. The van der Waals surface area contributed by atoms with Crippen LogP contribution in [0.15, 0.2) is 29.2 Å². The van der Waals surface area contributed by atoms with Crippen molar-refractivity contribution in [3.63, 3.8) is 0 Å². The van der Waals surface area contributed by atoms with Crippen molar-refractivity contribution < 1.29 is 13.5 Å². The van der Waals surface area contributed by atoms with E-state index in [4.69, 9.17) is 5.11 Å². The molecule has 20 heavy (non-hydrogen) atoms. The molecule has 0 amide bonds. The normalized spacial score (nSPS) is 19.6. The molecule has 2 rings (SSSR count). The van der Waals surface area contributed by atoms with Crippen LogP contribution >= 0.6 is 0 Å². The van der Waals surface area contributed by atoms with Gasteiger partial charge in [0.1, 0.15) is 6.61 Å². The first-order valence-corrected chi connectivity index (χ1v) is 7.90. The van der Waals surface area contributed by atoms with Gasteiger partial charge in [-0.2, -0.15) is 0 Å². The lowest BCUT2D eigenvalue weighted by Gasteiger charge is -2.13. The third kappa shape index (κ3) is 3.81. The highest BCUT2D eigenvalue weighted by molar-refractivity contribution is 7.89. The van der Waals surface area contributed by atoms with Crippen molar-refractivity contribution in [1.29, 1.82) is 0 Å². The fourth-order valence-corrected chi connectivity index (χ4v) is 3.44. The van der Waals surface area contributed by atoms with Crippen LogP contribution in [0.4, 0.5) is 0 Å². The number of likely N-dealkylation sites (N-methyl/N-ethyl adjacent to an activating group) is 1. The third-order valence-electron chi connectivity index (χ3n) is 3.19. The van der Waals surface area contributed by atoms with Crippen molar-refractivity contribution in [2.45, 2.75) is 17.4 Å². The molecule has 1 heterocycles. The van der Waals surface area contributed by atoms with Gasteiger partial charge in [0.2, 0.25) is 10.0 Å². The predicted octanol–water partition coefficient (Wildman–Crippen LogP) is 0.0128. The minimum Gasteiger partial charge on any atom is -0.384 e. The second kappa shape index (κ2) is 6.37. The van der Waals surface area contributed by atoms with Crippen LogP contribution in [-0.2, 0) is 10.0 Å². The standard InChI is InChI=1S/C14H18N2O3S/c1-16-9-8-13(11-16)15-20(18,19)14-6-4-12(5-7-14)3-2-10-17/h4-7,13,15,17H,8-11H2,1H3. The van der Waals surface area contributed by atoms with Crippen molar-refractivity contribution in [1.82, 2.24) is 9.62 Å². The lowest BCUT2D eigenvalue weighted by molar-refractivity contribution is 0.350. The molecule has 1 fully saturated rings. The minimum absolute atomic E-state index is 0.0288. The number of hydrogen-bond acceptors (Lipinski definition) is 4. The zero-order chi connectivity index (χ0) is 14.6. The Morgan fingerprint density at radius 1 is 1.40 bits per heavy atom. The maximum Gasteiger partial charge on any atom is 0.240 e. The summed E-state index contributed by atoms with van der Waals surface area (Å²) in [5.41, 5.74) is 0.679. The van der Waals surface area contributed by atoms with Gasteiger partial charge in [0.15, 0.2) is 0 Å². The summed E-state index contributed by atoms with van der Waals surface area (Å²) in [6.45, 7) is 1.43. The number of nitrogens with zero attached hydrogens (tertiary/aromatic N) is 1. The van der Waals surface area contributed by atoms with Gasteiger partial charge in [-0.3, -0.25) is 0 Å². The fraction of sp³-hybridized carbons (Fsp3) is 0.429. The van der Waals surface area contributed by atoms with E-state index in [1.165, 1.54) is 12.1 Å². The van der Waals surface area contributed by atoms with Gasteiger partial charge in [-0.1, -0.05) is 11.8 Å². The van der Waals surface area contributed by atoms with Gasteiger partial charge >= 0.3 is 0 Å². The van der Waals surface area contributed by atoms with Crippen LogP contribution < -0.4 is 4.72 Å². The van der Waals surface area contributed by atoms with Gasteiger partial charge < -0.3 is 10.0 Å². The van der Waals surface area contributed by atoms with Crippen LogP contribution in [0.3, 0.4) is 0 Å². The van der Waals surface area contributed by atoms with Gasteiger partial charge in [0.25, 0.3) is 0 Å². The second-order valence-corrected chi connectivity index (χ2v) is 6.57. The summed E-state index contributed by atoms with van der Waals surface area (Å²) < 4.78 is 27.1. The molecule has 1 saturated heterocycles. The number of benzene rings is 1. The summed E-state index contributed by atoms with van der Waals surface area (Å²) in [4.78, 5) is 2.34. The van der Waals surface area contributed by atoms with Crippen molar-refractivity contribution in [2.75, 3.05) is 26.7 Å². The summed E-state index contributed by atoms with van der Waals surface area (Å²) in [5, 5.41) is 8.61. The monoisotopic (exact) mass is 294 g/mol. The first kappa shape index (κ1) is 15.0. The van der Waals surface area contributed by atoms with E-state index in [9.17, 15) is 8.42 Å². The van der Waals surface area contributed by atoms with Gasteiger partial charge in [0.05, 0.1) is 4.90 Å². The molecule has 1 unspecified atom stereocenters. The molecule has 0 radical (unpaired) electrons. The van der Waals surface area contributed by atoms with Crippen molar-refractivity contribution >= 4 is 10.0 Å². The average Bonchev–Trinajstić information content (AvgIpc) is 2.81. The van der Waals surface area contributed by atoms with E-state index in [0.29, 0.717) is 5.56 Å². The van der Waals surface area contributed by atoms with E-state index in [1.807, 2.05) is 7.05 Å². The Labute approximate surface area is 119 Å². The number of sulfonamides is 1. The molecule has 1 atom stereocenters. The lowest BCUT2D eigenvalue weighted by Crippen LogP contribution is -2.36. The topological polar surface area (TPSA) is 69.6 Å². The van der Waals surface area contributed by atoms with E-state index < -0.39 is 10.0 Å². The summed E-state index contributed by atoms with van der Waals surface area (Å²) in [6.07, 6.45) is 0.829. The first-order valence-electron chi connectivity index (χ1n) is 6.42. The van der Waals surface area contributed by atoms with Crippen LogP contribution in [0.5, 0.6) is 0 Å². The van der Waals surface area contributed by atoms with Crippen LogP contribution in [0.2, 0.25) is 0 Å². The van der Waals surface area contributed by atoms with Gasteiger partial charge in [-0.25, -0.2) is 13.1 Å². The smallest absolute Gasteiger partial charge is 0.240 e. The first-order chi connectivity index (χ1) is 9.51. The number of aliphatic hydroxyl groups excluding tert-OH is 1. The Morgan fingerprint density at radius 2 is 2.10 bits per heavy atom. The zero-order valence-corrected chi connectivity index (χ0v) is 12.2. The number of aliphatic hydroxyl groups is 1. The number of rotatable bonds is 3. The minimum atomic E-state index is -3.48. The number of hydrogen-bond donors (Lipinski definition) is 2. The maximum absolute atomic E-state index is 12.2. The highest BCUT2D eigenvalue weighted by atomic mass is 32.2. The SMILES string of the molecule is CN1CCC(NS(=O)(=O)c2ccc(C#CCO)cc2)C1. The molecule has 0 aliphatic carbocycles. The van der Waals surface area contributed by atoms with E-state index in [0.717, 1.165) is 19.5 Å². The van der Waals surface area contributed by atoms with E-state index in [-0.39, 0.29) is 17.5 Å². The highest BCUT2D eigenvalue weighted by Gasteiger charge is 2.25. The van der Waals surface area contributed by atoms with Crippen LogP contribution in [0, 0.1) is 11.8 Å². The van der Waals surface area contributed by atoms with Crippen LogP contribution in [0.25, 0.3) is 0 Å². The lowest BCUT2D eigenvalue weighted by atomic mass is 10.2. The molecule has 108 valence electrons. The highest BCUT2D eigenvalue weighted by Crippen LogP contribution is 2.14. The molecule has 0 spiro atoms. The largest absolute Gasteiger partial charge is 0.384 e. The average molecular weight is 294 g/mol. The van der Waals surface area contributed by atoms with Crippen LogP contribution in [-0.4, -0.2) is 51.2 Å². The summed E-state index contributed by atoms with van der Waals surface area (Å²) in [7, 11) is -1.50. The van der Waals surface area contributed by atoms with Gasteiger partial charge in [0, 0.05) is 18.2 Å². The quantitative estimate of drug-likeness (QED) is 0.771. The molecule has 1 aromatic rings. The predicted molar refractivity (Wildman–Crippen MR) is 76.6 cm³/mol. The van der Waals surface area contributed by atoms with Gasteiger partial charge in [-0.15, -0.1) is 0 Å². The van der Waals surface area contributed by atoms with E-state index in [1.54, 1.807) is 12.1 Å². The van der Waals surface area contributed by atoms with Gasteiger partial charge in [-0.05, 0) is 44.3 Å². The zero-order valence-electron chi connectivity index (χ0n) is 11.3. The maximum atomic E-state index is 12.2. The molecule has 0 aromatic heterocycles. The molecule has 1 aromatic carbocycles. The van der Waals surface area contributed by atoms with E-state index in [2.05, 4.69) is 21.5 Å². The molecule has 1 aliphatic rings. The summed E-state index contributed by atoms with van der Waals surface area (Å²) in [5.74, 6) is 5.25. The Hall–Kier alpha value is -1.39. The van der Waals surface area contributed by atoms with E-state index >= 15 is 0 Å². The molecule has 0 bridgehead atoms. The van der Waals surface area contributed by atoms with Crippen molar-refractivity contribution in [3.05, 3.63) is 29.8 Å². The fourth-order valence-electron chi connectivity index (χ4n) is 2.18. The Kier molecular flexibility index (Phi) is 4.78. The number of nitrogens with one attached hydrogen (secondary N) is 1. The molecule has 1 aliphatic heterocycles. The number of likely N-dealkylation sites (tertiary alicyclic amines) is 1. The summed E-state index contributed by atoms with van der Waals surface area (Å²) >= 11 is 0. The molecule has 2 N–H and O–H groups in total. The van der Waals surface area contributed by atoms with Crippen molar-refractivity contribution in [2.24, 2.45) is 0 Å². The van der Waals surface area contributed by atoms with Crippen molar-refractivity contribution in [3.8, 4) is 11.8 Å². The Morgan fingerprint density at radius 3 is 2.65 bits per heavy atom. The van der Waals surface area contributed by atoms with Crippen LogP contribution in [0.1, 0.15) is 12.0 Å².